The smallest absolute Gasteiger partial charge is 0.329 e. The molecule has 2 aromatic heterocycles. The van der Waals surface area contributed by atoms with Crippen molar-refractivity contribution in [3.63, 3.8) is 0 Å². The number of aromatic amines is 1. The van der Waals surface area contributed by atoms with Gasteiger partial charge in [0, 0.05) is 26.4 Å². The topological polar surface area (TPSA) is 98.1 Å². The zero-order valence-corrected chi connectivity index (χ0v) is 15.6. The number of carbonyl (C=O) groups excluding carboxylic acids is 1. The molecule has 1 saturated heterocycles. The number of hydrogen-bond donors (Lipinski definition) is 2. The zero-order chi connectivity index (χ0) is 19.7. The molecule has 28 heavy (non-hydrogen) atoms. The fourth-order valence-corrected chi connectivity index (χ4v) is 3.59. The lowest BCUT2D eigenvalue weighted by atomic mass is 10.2. The maximum absolute atomic E-state index is 12.9. The molecule has 2 N–H and O–H groups in total. The average molecular weight is 382 g/mol. The number of benzene rings is 1. The molecule has 0 radical (unpaired) electrons. The van der Waals surface area contributed by atoms with Crippen LogP contribution in [0.2, 0.25) is 0 Å². The first kappa shape index (κ1) is 18.2. The SMILES string of the molecule is Cn1cc(C(=O)NCC2CCCO2)c2[nH]c(=O)n(Cc3ccccc3)c(=O)c21. The van der Waals surface area contributed by atoms with Gasteiger partial charge in [-0.15, -0.1) is 0 Å². The highest BCUT2D eigenvalue weighted by Crippen LogP contribution is 2.15. The summed E-state index contributed by atoms with van der Waals surface area (Å²) >= 11 is 0. The molecule has 1 fully saturated rings. The fourth-order valence-electron chi connectivity index (χ4n) is 3.59. The molecule has 4 rings (SSSR count). The predicted molar refractivity (Wildman–Crippen MR) is 105 cm³/mol. The van der Waals surface area contributed by atoms with Crippen molar-refractivity contribution < 1.29 is 9.53 Å². The Balaban J connectivity index is 1.68. The second-order valence-corrected chi connectivity index (χ2v) is 7.03. The third-order valence-electron chi connectivity index (χ3n) is 5.05. The van der Waals surface area contributed by atoms with E-state index in [0.29, 0.717) is 13.2 Å². The quantitative estimate of drug-likeness (QED) is 0.687. The Kier molecular flexibility index (Phi) is 4.87. The number of aromatic nitrogens is 3. The molecular weight excluding hydrogens is 360 g/mol. The minimum absolute atomic E-state index is 0.0149. The van der Waals surface area contributed by atoms with Gasteiger partial charge < -0.3 is 19.6 Å². The number of aryl methyl sites for hydroxylation is 1. The van der Waals surface area contributed by atoms with Gasteiger partial charge in [-0.25, -0.2) is 4.79 Å². The number of fused-ring (bicyclic) bond motifs is 1. The molecule has 8 nitrogen and oxygen atoms in total. The highest BCUT2D eigenvalue weighted by atomic mass is 16.5. The van der Waals surface area contributed by atoms with Crippen LogP contribution >= 0.6 is 0 Å². The first-order chi connectivity index (χ1) is 13.5. The predicted octanol–water partition coefficient (Wildman–Crippen LogP) is 0.985. The molecule has 0 saturated carbocycles. The van der Waals surface area contributed by atoms with Crippen LogP contribution in [0.4, 0.5) is 0 Å². The standard InChI is InChI=1S/C20H22N4O4/c1-23-12-15(18(25)21-10-14-8-5-9-28-14)16-17(23)19(26)24(20(27)22-16)11-13-6-3-2-4-7-13/h2-4,6-7,12,14H,5,8-11H2,1H3,(H,21,25)(H,22,27). The molecule has 1 amide bonds. The number of nitrogens with one attached hydrogen (secondary N) is 2. The molecule has 0 bridgehead atoms. The molecule has 0 spiro atoms. The number of rotatable bonds is 5. The van der Waals surface area contributed by atoms with E-state index in [4.69, 9.17) is 4.74 Å². The lowest BCUT2D eigenvalue weighted by molar-refractivity contribution is 0.0859. The van der Waals surface area contributed by atoms with Gasteiger partial charge in [-0.2, -0.15) is 0 Å². The summed E-state index contributed by atoms with van der Waals surface area (Å²) in [5.74, 6) is -0.336. The van der Waals surface area contributed by atoms with E-state index < -0.39 is 11.2 Å². The Hall–Kier alpha value is -3.13. The van der Waals surface area contributed by atoms with Crippen LogP contribution in [-0.4, -0.2) is 39.3 Å². The Morgan fingerprint density at radius 2 is 2.07 bits per heavy atom. The van der Waals surface area contributed by atoms with Gasteiger partial charge in [0.25, 0.3) is 11.5 Å². The van der Waals surface area contributed by atoms with Crippen LogP contribution in [-0.2, 0) is 18.3 Å². The van der Waals surface area contributed by atoms with Crippen LogP contribution < -0.4 is 16.6 Å². The first-order valence-corrected chi connectivity index (χ1v) is 9.30. The monoisotopic (exact) mass is 382 g/mol. The van der Waals surface area contributed by atoms with Crippen LogP contribution in [0, 0.1) is 0 Å². The summed E-state index contributed by atoms with van der Waals surface area (Å²) in [5.41, 5.74) is 0.697. The minimum atomic E-state index is -0.541. The number of ether oxygens (including phenoxy) is 1. The molecule has 1 aromatic carbocycles. The largest absolute Gasteiger partial charge is 0.376 e. The second kappa shape index (κ2) is 7.47. The Morgan fingerprint density at radius 3 is 2.79 bits per heavy atom. The average Bonchev–Trinajstić information content (AvgIpc) is 3.32. The Bertz CT molecular complexity index is 1120. The summed E-state index contributed by atoms with van der Waals surface area (Å²) in [4.78, 5) is 40.8. The van der Waals surface area contributed by atoms with Gasteiger partial charge in [0.2, 0.25) is 0 Å². The summed E-state index contributed by atoms with van der Waals surface area (Å²) in [7, 11) is 1.69. The Morgan fingerprint density at radius 1 is 1.29 bits per heavy atom. The van der Waals surface area contributed by atoms with Gasteiger partial charge in [0.15, 0.2) is 0 Å². The molecule has 1 unspecified atom stereocenters. The number of amides is 1. The van der Waals surface area contributed by atoms with Crippen molar-refractivity contribution >= 4 is 16.9 Å². The van der Waals surface area contributed by atoms with E-state index in [9.17, 15) is 14.4 Å². The van der Waals surface area contributed by atoms with E-state index in [-0.39, 0.29) is 35.2 Å². The maximum Gasteiger partial charge on any atom is 0.329 e. The van der Waals surface area contributed by atoms with Crippen molar-refractivity contribution in [1.82, 2.24) is 19.4 Å². The number of H-pyrrole nitrogens is 1. The van der Waals surface area contributed by atoms with E-state index in [1.54, 1.807) is 17.8 Å². The molecular formula is C20H22N4O4. The van der Waals surface area contributed by atoms with Crippen molar-refractivity contribution in [2.75, 3.05) is 13.2 Å². The van der Waals surface area contributed by atoms with Gasteiger partial charge >= 0.3 is 5.69 Å². The van der Waals surface area contributed by atoms with E-state index in [1.165, 1.54) is 0 Å². The molecule has 8 heteroatoms. The van der Waals surface area contributed by atoms with E-state index >= 15 is 0 Å². The summed E-state index contributed by atoms with van der Waals surface area (Å²) in [6, 6.07) is 9.28. The van der Waals surface area contributed by atoms with Gasteiger partial charge in [-0.1, -0.05) is 30.3 Å². The van der Waals surface area contributed by atoms with E-state index in [0.717, 1.165) is 23.0 Å². The molecule has 0 aliphatic carbocycles. The summed E-state index contributed by atoms with van der Waals surface area (Å²) in [6.07, 6.45) is 3.49. The zero-order valence-electron chi connectivity index (χ0n) is 15.6. The van der Waals surface area contributed by atoms with Crippen LogP contribution in [0.1, 0.15) is 28.8 Å². The van der Waals surface area contributed by atoms with Crippen LogP contribution in [0.15, 0.2) is 46.1 Å². The van der Waals surface area contributed by atoms with Gasteiger partial charge in [0.1, 0.15) is 5.52 Å². The van der Waals surface area contributed by atoms with Crippen molar-refractivity contribution in [2.45, 2.75) is 25.5 Å². The van der Waals surface area contributed by atoms with Crippen LogP contribution in [0.3, 0.4) is 0 Å². The normalized spacial score (nSPS) is 16.5. The molecule has 1 aliphatic heterocycles. The molecule has 1 atom stereocenters. The van der Waals surface area contributed by atoms with Crippen molar-refractivity contribution in [3.05, 3.63) is 68.5 Å². The molecule has 3 heterocycles. The Labute approximate surface area is 160 Å². The molecule has 1 aliphatic rings. The minimum Gasteiger partial charge on any atom is -0.376 e. The summed E-state index contributed by atoms with van der Waals surface area (Å²) < 4.78 is 8.24. The maximum atomic E-state index is 12.9. The molecule has 3 aromatic rings. The van der Waals surface area contributed by atoms with Gasteiger partial charge in [-0.3, -0.25) is 14.2 Å². The van der Waals surface area contributed by atoms with E-state index in [1.807, 2.05) is 30.3 Å². The summed E-state index contributed by atoms with van der Waals surface area (Å²) in [5, 5.41) is 2.83. The fraction of sp³-hybridized carbons (Fsp3) is 0.350. The van der Waals surface area contributed by atoms with Crippen LogP contribution in [0.5, 0.6) is 0 Å². The summed E-state index contributed by atoms with van der Waals surface area (Å²) in [6.45, 7) is 1.28. The van der Waals surface area contributed by atoms with Crippen molar-refractivity contribution in [2.24, 2.45) is 7.05 Å². The molecule has 146 valence electrons. The first-order valence-electron chi connectivity index (χ1n) is 9.30. The third-order valence-corrected chi connectivity index (χ3v) is 5.05. The number of hydrogen-bond acceptors (Lipinski definition) is 4. The highest BCUT2D eigenvalue weighted by molar-refractivity contribution is 6.05. The third kappa shape index (κ3) is 3.38. The lowest BCUT2D eigenvalue weighted by Crippen LogP contribution is -2.36. The van der Waals surface area contributed by atoms with Gasteiger partial charge in [0.05, 0.1) is 23.7 Å². The lowest BCUT2D eigenvalue weighted by Gasteiger charge is -2.10. The van der Waals surface area contributed by atoms with Crippen molar-refractivity contribution in [3.8, 4) is 0 Å². The van der Waals surface area contributed by atoms with Crippen molar-refractivity contribution in [1.29, 1.82) is 0 Å². The highest BCUT2D eigenvalue weighted by Gasteiger charge is 2.21. The van der Waals surface area contributed by atoms with Gasteiger partial charge in [-0.05, 0) is 18.4 Å². The van der Waals surface area contributed by atoms with Crippen LogP contribution in [0.25, 0.3) is 11.0 Å². The second-order valence-electron chi connectivity index (χ2n) is 7.03. The van der Waals surface area contributed by atoms with E-state index in [2.05, 4.69) is 10.3 Å². The number of nitrogens with zero attached hydrogens (tertiary/aromatic N) is 2. The number of carbonyl (C=O) groups is 1.